The molecule has 0 radical (unpaired) electrons. The zero-order chi connectivity index (χ0) is 25.8. The largest absolute Gasteiger partial charge is 0.462 e. The van der Waals surface area contributed by atoms with Crippen molar-refractivity contribution in [3.63, 3.8) is 0 Å². The zero-order valence-electron chi connectivity index (χ0n) is 20.2. The summed E-state index contributed by atoms with van der Waals surface area (Å²) >= 11 is 0. The van der Waals surface area contributed by atoms with Crippen molar-refractivity contribution in [2.45, 2.75) is 27.3 Å². The van der Waals surface area contributed by atoms with Gasteiger partial charge in [0.2, 0.25) is 11.3 Å². The molecular formula is C28H25N3O5. The maximum atomic E-state index is 13.2. The summed E-state index contributed by atoms with van der Waals surface area (Å²) in [6.45, 7) is 5.34. The highest BCUT2D eigenvalue weighted by molar-refractivity contribution is 6.10. The molecule has 4 aromatic rings. The molecule has 1 amide bonds. The Labute approximate surface area is 207 Å². The van der Waals surface area contributed by atoms with Crippen molar-refractivity contribution in [2.75, 3.05) is 11.9 Å². The van der Waals surface area contributed by atoms with E-state index in [0.29, 0.717) is 16.9 Å². The number of benzene rings is 2. The van der Waals surface area contributed by atoms with Crippen LogP contribution in [0.25, 0.3) is 11.0 Å². The molecule has 0 bridgehead atoms. The number of aryl methyl sites for hydroxylation is 2. The van der Waals surface area contributed by atoms with Crippen LogP contribution in [0, 0.1) is 13.8 Å². The molecular weight excluding hydrogens is 458 g/mol. The van der Waals surface area contributed by atoms with E-state index in [4.69, 9.17) is 4.74 Å². The fourth-order valence-corrected chi connectivity index (χ4v) is 3.83. The average Bonchev–Trinajstić information content (AvgIpc) is 2.86. The lowest BCUT2D eigenvalue weighted by Crippen LogP contribution is -2.25. The number of pyridine rings is 2. The fraction of sp³-hybridized carbons (Fsp3) is 0.179. The van der Waals surface area contributed by atoms with Crippen LogP contribution in [0.4, 0.5) is 5.69 Å². The summed E-state index contributed by atoms with van der Waals surface area (Å²) < 4.78 is 6.55. The van der Waals surface area contributed by atoms with E-state index in [1.54, 1.807) is 74.5 Å². The summed E-state index contributed by atoms with van der Waals surface area (Å²) in [5, 5.41) is 2.96. The van der Waals surface area contributed by atoms with Gasteiger partial charge in [0.1, 0.15) is 12.2 Å². The van der Waals surface area contributed by atoms with E-state index in [0.717, 1.165) is 5.56 Å². The Kier molecular flexibility index (Phi) is 7.05. The number of amides is 1. The summed E-state index contributed by atoms with van der Waals surface area (Å²) in [6.07, 6.45) is 1.37. The number of nitrogens with zero attached hydrogens (tertiary/aromatic N) is 2. The average molecular weight is 484 g/mol. The lowest BCUT2D eigenvalue weighted by atomic mass is 10.0. The second kappa shape index (κ2) is 10.4. The highest BCUT2D eigenvalue weighted by Crippen LogP contribution is 2.18. The number of esters is 1. The number of hydrogen-bond acceptors (Lipinski definition) is 6. The predicted molar refractivity (Wildman–Crippen MR) is 136 cm³/mol. The van der Waals surface area contributed by atoms with Crippen molar-refractivity contribution >= 4 is 34.4 Å². The molecule has 0 saturated heterocycles. The van der Waals surface area contributed by atoms with Crippen LogP contribution in [0.1, 0.15) is 44.5 Å². The first-order valence-electron chi connectivity index (χ1n) is 11.5. The van der Waals surface area contributed by atoms with Crippen molar-refractivity contribution in [1.29, 1.82) is 0 Å². The van der Waals surface area contributed by atoms with E-state index in [2.05, 4.69) is 10.3 Å². The van der Waals surface area contributed by atoms with Crippen LogP contribution in [-0.2, 0) is 16.1 Å². The van der Waals surface area contributed by atoms with E-state index in [9.17, 15) is 19.2 Å². The van der Waals surface area contributed by atoms with Gasteiger partial charge in [-0.05, 0) is 45.0 Å². The van der Waals surface area contributed by atoms with Crippen molar-refractivity contribution in [3.8, 4) is 0 Å². The first kappa shape index (κ1) is 24.5. The number of hydrogen-bond donors (Lipinski definition) is 1. The van der Waals surface area contributed by atoms with E-state index in [1.165, 1.54) is 10.8 Å². The van der Waals surface area contributed by atoms with Gasteiger partial charge in [0, 0.05) is 17.5 Å². The predicted octanol–water partition coefficient (Wildman–Crippen LogP) is 4.06. The third-order valence-corrected chi connectivity index (χ3v) is 5.63. The molecule has 0 fully saturated rings. The number of carbonyl (C=O) groups excluding carboxylic acids is 3. The second-order valence-corrected chi connectivity index (χ2v) is 8.33. The molecule has 2 heterocycles. The van der Waals surface area contributed by atoms with Gasteiger partial charge in [0.25, 0.3) is 0 Å². The number of fused-ring (bicyclic) bond motifs is 1. The lowest BCUT2D eigenvalue weighted by molar-refractivity contribution is -0.116. The molecule has 0 spiro atoms. The molecule has 0 atom stereocenters. The zero-order valence-corrected chi connectivity index (χ0v) is 20.2. The topological polar surface area (TPSA) is 107 Å². The summed E-state index contributed by atoms with van der Waals surface area (Å²) in [5.74, 6) is -1.46. The summed E-state index contributed by atoms with van der Waals surface area (Å²) in [7, 11) is 0. The van der Waals surface area contributed by atoms with Gasteiger partial charge in [-0.2, -0.15) is 0 Å². The third-order valence-electron chi connectivity index (χ3n) is 5.63. The minimum absolute atomic E-state index is 0.0586. The number of anilines is 1. The molecule has 0 aliphatic carbocycles. The van der Waals surface area contributed by atoms with Gasteiger partial charge in [-0.1, -0.05) is 42.0 Å². The van der Waals surface area contributed by atoms with Gasteiger partial charge < -0.3 is 14.6 Å². The molecule has 0 aliphatic rings. The lowest BCUT2D eigenvalue weighted by Gasteiger charge is -2.14. The van der Waals surface area contributed by atoms with Crippen molar-refractivity contribution in [2.24, 2.45) is 0 Å². The highest BCUT2D eigenvalue weighted by Gasteiger charge is 2.20. The Morgan fingerprint density at radius 1 is 0.944 bits per heavy atom. The van der Waals surface area contributed by atoms with Crippen LogP contribution in [0.15, 0.2) is 71.7 Å². The Morgan fingerprint density at radius 2 is 1.67 bits per heavy atom. The first-order valence-corrected chi connectivity index (χ1v) is 11.5. The minimum Gasteiger partial charge on any atom is -0.462 e. The molecule has 8 nitrogen and oxygen atoms in total. The van der Waals surface area contributed by atoms with E-state index in [1.807, 2.05) is 6.92 Å². The van der Waals surface area contributed by atoms with Crippen molar-refractivity contribution in [3.05, 3.63) is 105 Å². The Balaban J connectivity index is 1.73. The standard InChI is InChI=1S/C28H25N3O5/c1-4-36-28(35)20-7-5-6-8-23(20)30-24(32)16-31-15-22(25(33)19-12-9-17(2)10-13-19)26(34)21-14-11-18(3)29-27(21)31/h5-15H,4,16H2,1-3H3,(H,30,32). The smallest absolute Gasteiger partial charge is 0.340 e. The molecule has 2 aromatic carbocycles. The first-order chi connectivity index (χ1) is 17.3. The van der Waals surface area contributed by atoms with Crippen LogP contribution in [0.2, 0.25) is 0 Å². The number of ketones is 1. The summed E-state index contributed by atoms with van der Waals surface area (Å²) in [6, 6.07) is 16.7. The Morgan fingerprint density at radius 3 is 2.39 bits per heavy atom. The summed E-state index contributed by atoms with van der Waals surface area (Å²) in [4.78, 5) is 56.2. The van der Waals surface area contributed by atoms with Crippen LogP contribution in [-0.4, -0.2) is 33.8 Å². The van der Waals surface area contributed by atoms with E-state index in [-0.39, 0.29) is 35.3 Å². The van der Waals surface area contributed by atoms with Gasteiger partial charge in [-0.3, -0.25) is 14.4 Å². The van der Waals surface area contributed by atoms with E-state index < -0.39 is 23.1 Å². The highest BCUT2D eigenvalue weighted by atomic mass is 16.5. The van der Waals surface area contributed by atoms with Gasteiger partial charge in [0.05, 0.1) is 28.8 Å². The van der Waals surface area contributed by atoms with E-state index >= 15 is 0 Å². The monoisotopic (exact) mass is 483 g/mol. The molecule has 8 heteroatoms. The molecule has 36 heavy (non-hydrogen) atoms. The minimum atomic E-state index is -0.550. The fourth-order valence-electron chi connectivity index (χ4n) is 3.83. The van der Waals surface area contributed by atoms with Crippen LogP contribution in [0.3, 0.4) is 0 Å². The molecule has 182 valence electrons. The van der Waals surface area contributed by atoms with Crippen molar-refractivity contribution in [1.82, 2.24) is 9.55 Å². The molecule has 0 saturated carbocycles. The van der Waals surface area contributed by atoms with Crippen LogP contribution >= 0.6 is 0 Å². The number of ether oxygens (including phenoxy) is 1. The number of nitrogens with one attached hydrogen (secondary N) is 1. The molecule has 2 aromatic heterocycles. The van der Waals surface area contributed by atoms with Crippen LogP contribution < -0.4 is 10.7 Å². The maximum absolute atomic E-state index is 13.2. The Hall–Kier alpha value is -4.59. The third kappa shape index (κ3) is 5.07. The molecule has 0 aliphatic heterocycles. The molecule has 4 rings (SSSR count). The maximum Gasteiger partial charge on any atom is 0.340 e. The number of carbonyl (C=O) groups is 3. The van der Waals surface area contributed by atoms with Crippen molar-refractivity contribution < 1.29 is 19.1 Å². The van der Waals surface area contributed by atoms with Gasteiger partial charge in [0.15, 0.2) is 5.78 Å². The quantitative estimate of drug-likeness (QED) is 0.314. The normalized spacial score (nSPS) is 10.8. The SMILES string of the molecule is CCOC(=O)c1ccccc1NC(=O)Cn1cc(C(=O)c2ccc(C)cc2)c(=O)c2ccc(C)nc21. The van der Waals surface area contributed by atoms with Gasteiger partial charge in [-0.15, -0.1) is 0 Å². The second-order valence-electron chi connectivity index (χ2n) is 8.33. The Bertz CT molecular complexity index is 1540. The number of para-hydroxylation sites is 1. The molecule has 0 unspecified atom stereocenters. The van der Waals surface area contributed by atoms with Crippen LogP contribution in [0.5, 0.6) is 0 Å². The summed E-state index contributed by atoms with van der Waals surface area (Å²) in [5.41, 5.74) is 2.31. The van der Waals surface area contributed by atoms with Gasteiger partial charge in [-0.25, -0.2) is 9.78 Å². The number of rotatable bonds is 7. The molecule has 1 N–H and O–H groups in total. The van der Waals surface area contributed by atoms with Gasteiger partial charge >= 0.3 is 5.97 Å². The number of aromatic nitrogens is 2.